The van der Waals surface area contributed by atoms with Gasteiger partial charge in [0, 0.05) is 6.08 Å². The van der Waals surface area contributed by atoms with Gasteiger partial charge < -0.3 is 20.7 Å². The van der Waals surface area contributed by atoms with Crippen LogP contribution in [0.2, 0.25) is 0 Å². The van der Waals surface area contributed by atoms with Gasteiger partial charge >= 0.3 is 0 Å². The Morgan fingerprint density at radius 3 is 2.56 bits per heavy atom. The molecule has 3 rings (SSSR count). The molecular weight excluding hydrogens is 344 g/mol. The minimum atomic E-state index is -0.508. The molecule has 8 heteroatoms. The van der Waals surface area contributed by atoms with Crippen molar-refractivity contribution in [3.63, 3.8) is 0 Å². The summed E-state index contributed by atoms with van der Waals surface area (Å²) in [5.74, 6) is 1.08. The van der Waals surface area contributed by atoms with E-state index in [1.807, 2.05) is 18.2 Å². The van der Waals surface area contributed by atoms with Crippen LogP contribution in [0.15, 0.2) is 28.8 Å². The molecule has 1 fully saturated rings. The van der Waals surface area contributed by atoms with Crippen LogP contribution in [0, 0.1) is 0 Å². The molecule has 1 aromatic carbocycles. The number of benzene rings is 1. The lowest BCUT2D eigenvalue weighted by Gasteiger charge is -2.17. The van der Waals surface area contributed by atoms with Crippen LogP contribution in [0.1, 0.15) is 43.0 Å². The van der Waals surface area contributed by atoms with Crippen molar-refractivity contribution in [2.24, 2.45) is 11.5 Å². The summed E-state index contributed by atoms with van der Waals surface area (Å²) in [4.78, 5) is 15.1. The highest BCUT2D eigenvalue weighted by atomic mass is 35.5. The molecule has 25 heavy (non-hydrogen) atoms. The van der Waals surface area contributed by atoms with Crippen LogP contribution < -0.4 is 16.2 Å². The van der Waals surface area contributed by atoms with Gasteiger partial charge in [-0.1, -0.05) is 30.1 Å². The second-order valence-electron chi connectivity index (χ2n) is 5.98. The fourth-order valence-corrected chi connectivity index (χ4v) is 2.73. The molecule has 7 nitrogen and oxygen atoms in total. The van der Waals surface area contributed by atoms with E-state index in [1.54, 1.807) is 18.2 Å². The van der Waals surface area contributed by atoms with Gasteiger partial charge in [-0.15, -0.1) is 12.4 Å². The van der Waals surface area contributed by atoms with Crippen LogP contribution in [-0.2, 0) is 10.3 Å². The highest BCUT2D eigenvalue weighted by Crippen LogP contribution is 2.34. The first-order valence-corrected chi connectivity index (χ1v) is 7.87. The molecule has 2 aromatic rings. The minimum absolute atomic E-state index is 0. The molecule has 0 bridgehead atoms. The smallest absolute Gasteiger partial charge is 0.255 e. The third kappa shape index (κ3) is 4.80. The third-order valence-corrected chi connectivity index (χ3v) is 4.06. The number of hydrogen-bond acceptors (Lipinski definition) is 6. The number of hydrogen-bond donors (Lipinski definition) is 2. The molecule has 1 aliphatic rings. The number of primary amides is 1. The maximum absolute atomic E-state index is 10.7. The monoisotopic (exact) mass is 364 g/mol. The largest absolute Gasteiger partial charge is 0.484 e. The summed E-state index contributed by atoms with van der Waals surface area (Å²) in [6, 6.07) is 7.22. The standard InChI is InChI=1S/C17H20N4O3.ClH/c18-14(22)11-23-13-6-3-12(4-7-13)5-8-15-20-16(21-24-15)17(19)9-1-2-10-17;/h3-8H,1-2,9-11,19H2,(H2,18,22);1H/b8-5+;. The van der Waals surface area contributed by atoms with Gasteiger partial charge in [-0.2, -0.15) is 4.98 Å². The van der Waals surface area contributed by atoms with Gasteiger partial charge in [-0.3, -0.25) is 4.79 Å². The third-order valence-electron chi connectivity index (χ3n) is 4.06. The van der Waals surface area contributed by atoms with E-state index in [0.29, 0.717) is 17.5 Å². The molecule has 1 heterocycles. The number of ether oxygens (including phenoxy) is 1. The van der Waals surface area contributed by atoms with Crippen molar-refractivity contribution < 1.29 is 14.1 Å². The van der Waals surface area contributed by atoms with E-state index in [-0.39, 0.29) is 19.0 Å². The van der Waals surface area contributed by atoms with Crippen LogP contribution >= 0.6 is 12.4 Å². The van der Waals surface area contributed by atoms with Gasteiger partial charge in [0.25, 0.3) is 11.8 Å². The Labute approximate surface area is 151 Å². The van der Waals surface area contributed by atoms with Gasteiger partial charge in [-0.05, 0) is 36.6 Å². The minimum Gasteiger partial charge on any atom is -0.484 e. The number of aromatic nitrogens is 2. The molecular formula is C17H21ClN4O3. The fourth-order valence-electron chi connectivity index (χ4n) is 2.73. The Morgan fingerprint density at radius 1 is 1.24 bits per heavy atom. The number of carbonyl (C=O) groups is 1. The van der Waals surface area contributed by atoms with E-state index in [4.69, 9.17) is 20.7 Å². The lowest BCUT2D eigenvalue weighted by molar-refractivity contribution is -0.119. The molecule has 0 unspecified atom stereocenters. The number of carbonyl (C=O) groups excluding carboxylic acids is 1. The van der Waals surface area contributed by atoms with Crippen molar-refractivity contribution in [2.75, 3.05) is 6.61 Å². The fraction of sp³-hybridized carbons (Fsp3) is 0.353. The summed E-state index contributed by atoms with van der Waals surface area (Å²) in [7, 11) is 0. The SMILES string of the molecule is Cl.NC(=O)COc1ccc(/C=C/c2nc(C3(N)CCCC3)no2)cc1. The molecule has 0 radical (unpaired) electrons. The van der Waals surface area contributed by atoms with Crippen LogP contribution in [0.5, 0.6) is 5.75 Å². The zero-order valence-corrected chi connectivity index (χ0v) is 14.5. The first-order valence-electron chi connectivity index (χ1n) is 7.87. The first kappa shape index (κ1) is 19.0. The number of rotatable bonds is 6. The van der Waals surface area contributed by atoms with Crippen LogP contribution in [0.4, 0.5) is 0 Å². The van der Waals surface area contributed by atoms with E-state index in [0.717, 1.165) is 31.2 Å². The molecule has 1 aliphatic carbocycles. The maximum atomic E-state index is 10.7. The molecule has 1 amide bonds. The summed E-state index contributed by atoms with van der Waals surface area (Å²) in [5, 5.41) is 4.01. The van der Waals surface area contributed by atoms with Crippen molar-refractivity contribution in [2.45, 2.75) is 31.2 Å². The number of nitrogens with two attached hydrogens (primary N) is 2. The van der Waals surface area contributed by atoms with Gasteiger partial charge in [0.1, 0.15) is 5.75 Å². The van der Waals surface area contributed by atoms with Crippen molar-refractivity contribution in [3.05, 3.63) is 41.5 Å². The van der Waals surface area contributed by atoms with E-state index in [1.165, 1.54) is 0 Å². The van der Waals surface area contributed by atoms with E-state index < -0.39 is 11.4 Å². The lowest BCUT2D eigenvalue weighted by atomic mass is 9.99. The normalized spacial score (nSPS) is 15.9. The van der Waals surface area contributed by atoms with E-state index in [9.17, 15) is 4.79 Å². The van der Waals surface area contributed by atoms with Gasteiger partial charge in [-0.25, -0.2) is 0 Å². The average Bonchev–Trinajstić information content (AvgIpc) is 3.22. The molecule has 0 saturated heterocycles. The predicted octanol–water partition coefficient (Wildman–Crippen LogP) is 2.25. The molecule has 0 aliphatic heterocycles. The quantitative estimate of drug-likeness (QED) is 0.811. The van der Waals surface area contributed by atoms with Gasteiger partial charge in [0.15, 0.2) is 12.4 Å². The molecule has 134 valence electrons. The topological polar surface area (TPSA) is 117 Å². The summed E-state index contributed by atoms with van der Waals surface area (Å²) < 4.78 is 10.5. The van der Waals surface area contributed by atoms with Crippen molar-refractivity contribution in [1.82, 2.24) is 10.1 Å². The zero-order chi connectivity index (χ0) is 17.0. The highest BCUT2D eigenvalue weighted by molar-refractivity contribution is 5.85. The van der Waals surface area contributed by atoms with Gasteiger partial charge in [0.05, 0.1) is 5.54 Å². The Kier molecular flexibility index (Phi) is 6.17. The molecule has 0 atom stereocenters. The summed E-state index contributed by atoms with van der Waals surface area (Å²) in [5.41, 5.74) is 11.8. The lowest BCUT2D eigenvalue weighted by Crippen LogP contribution is -2.34. The molecule has 0 spiro atoms. The summed E-state index contributed by atoms with van der Waals surface area (Å²) >= 11 is 0. The Hall–Kier alpha value is -2.38. The maximum Gasteiger partial charge on any atom is 0.255 e. The van der Waals surface area contributed by atoms with E-state index >= 15 is 0 Å². The van der Waals surface area contributed by atoms with Crippen LogP contribution in [-0.4, -0.2) is 22.7 Å². The van der Waals surface area contributed by atoms with Crippen LogP contribution in [0.3, 0.4) is 0 Å². The van der Waals surface area contributed by atoms with Crippen molar-refractivity contribution in [1.29, 1.82) is 0 Å². The first-order chi connectivity index (χ1) is 11.5. The zero-order valence-electron chi connectivity index (χ0n) is 13.7. The molecule has 4 N–H and O–H groups in total. The van der Waals surface area contributed by atoms with Gasteiger partial charge in [0.2, 0.25) is 0 Å². The Balaban J connectivity index is 0.00000225. The molecule has 1 saturated carbocycles. The average molecular weight is 365 g/mol. The second kappa shape index (κ2) is 8.13. The number of halogens is 1. The van der Waals surface area contributed by atoms with Crippen molar-refractivity contribution >= 4 is 30.5 Å². The summed E-state index contributed by atoms with van der Waals surface area (Å²) in [6.45, 7) is -0.138. The highest BCUT2D eigenvalue weighted by Gasteiger charge is 2.35. The van der Waals surface area contributed by atoms with E-state index in [2.05, 4.69) is 10.1 Å². The molecule has 1 aromatic heterocycles. The number of amides is 1. The summed E-state index contributed by atoms with van der Waals surface area (Å²) in [6.07, 6.45) is 7.58. The predicted molar refractivity (Wildman–Crippen MR) is 95.9 cm³/mol. The second-order valence-corrected chi connectivity index (χ2v) is 5.98. The Morgan fingerprint density at radius 2 is 1.92 bits per heavy atom. The van der Waals surface area contributed by atoms with Crippen LogP contribution in [0.25, 0.3) is 12.2 Å². The number of nitrogens with zero attached hydrogens (tertiary/aromatic N) is 2. The van der Waals surface area contributed by atoms with Crippen molar-refractivity contribution in [3.8, 4) is 5.75 Å². The Bertz CT molecular complexity index is 737.